The molecule has 0 amide bonds. The second-order valence-corrected chi connectivity index (χ2v) is 3.93. The van der Waals surface area contributed by atoms with E-state index in [4.69, 9.17) is 14.6 Å². The molecule has 0 fully saturated rings. The third-order valence-corrected chi connectivity index (χ3v) is 2.75. The van der Waals surface area contributed by atoms with Crippen molar-refractivity contribution < 1.29 is 19.4 Å². The van der Waals surface area contributed by atoms with Gasteiger partial charge < -0.3 is 14.6 Å². The van der Waals surface area contributed by atoms with Crippen molar-refractivity contribution in [1.29, 1.82) is 0 Å². The van der Waals surface area contributed by atoms with Gasteiger partial charge in [-0.25, -0.2) is 0 Å². The molecule has 1 N–H and O–H groups in total. The Labute approximate surface area is 101 Å². The minimum Gasteiger partial charge on any atom is -0.493 e. The van der Waals surface area contributed by atoms with E-state index in [1.165, 1.54) is 0 Å². The molecule has 1 aromatic carbocycles. The molecule has 0 saturated carbocycles. The van der Waals surface area contributed by atoms with E-state index in [1.807, 2.05) is 18.2 Å². The first-order valence-corrected chi connectivity index (χ1v) is 5.52. The van der Waals surface area contributed by atoms with E-state index >= 15 is 0 Å². The molecule has 0 heterocycles. The number of carbonyl (C=O) groups is 1. The summed E-state index contributed by atoms with van der Waals surface area (Å²) in [5.74, 6) is 0.235. The van der Waals surface area contributed by atoms with Gasteiger partial charge in [-0.2, -0.15) is 0 Å². The number of ether oxygens (including phenoxy) is 2. The summed E-state index contributed by atoms with van der Waals surface area (Å²) in [6.07, 6.45) is 1.24. The highest BCUT2D eigenvalue weighted by molar-refractivity contribution is 5.69. The van der Waals surface area contributed by atoms with Gasteiger partial charge in [-0.3, -0.25) is 4.79 Å². The van der Waals surface area contributed by atoms with Crippen LogP contribution in [0.3, 0.4) is 0 Å². The van der Waals surface area contributed by atoms with Gasteiger partial charge in [-0.15, -0.1) is 0 Å². The predicted octanol–water partition coefficient (Wildman–Crippen LogP) is 2.36. The zero-order chi connectivity index (χ0) is 12.8. The van der Waals surface area contributed by atoms with Crippen molar-refractivity contribution in [3.8, 4) is 11.5 Å². The van der Waals surface area contributed by atoms with Gasteiger partial charge in [-0.05, 0) is 24.5 Å². The summed E-state index contributed by atoms with van der Waals surface area (Å²) in [6.45, 7) is 1.70. The van der Waals surface area contributed by atoms with E-state index in [-0.39, 0.29) is 5.92 Å². The van der Waals surface area contributed by atoms with Crippen LogP contribution in [-0.4, -0.2) is 25.3 Å². The van der Waals surface area contributed by atoms with E-state index in [0.717, 1.165) is 5.56 Å². The average Bonchev–Trinajstić information content (AvgIpc) is 2.34. The second kappa shape index (κ2) is 6.13. The smallest absolute Gasteiger partial charge is 0.306 e. The molecule has 4 nitrogen and oxygen atoms in total. The van der Waals surface area contributed by atoms with Crippen LogP contribution >= 0.6 is 0 Å². The molecule has 94 valence electrons. The molecular formula is C13H18O4. The van der Waals surface area contributed by atoms with Crippen molar-refractivity contribution in [1.82, 2.24) is 0 Å². The number of benzene rings is 1. The Morgan fingerprint density at radius 1 is 1.35 bits per heavy atom. The topological polar surface area (TPSA) is 55.8 Å². The Balaban J connectivity index is 2.80. The molecule has 0 aliphatic heterocycles. The lowest BCUT2D eigenvalue weighted by molar-refractivity contribution is -0.141. The van der Waals surface area contributed by atoms with Gasteiger partial charge >= 0.3 is 5.97 Å². The van der Waals surface area contributed by atoms with Gasteiger partial charge in [0.05, 0.1) is 20.1 Å². The molecule has 0 spiro atoms. The summed E-state index contributed by atoms with van der Waals surface area (Å²) in [7, 11) is 3.17. The lowest BCUT2D eigenvalue weighted by atomic mass is 10.0. The average molecular weight is 238 g/mol. The molecule has 4 heteroatoms. The molecule has 1 unspecified atom stereocenters. The first-order valence-electron chi connectivity index (χ1n) is 5.52. The van der Waals surface area contributed by atoms with Crippen molar-refractivity contribution in [3.63, 3.8) is 0 Å². The Morgan fingerprint density at radius 3 is 2.59 bits per heavy atom. The van der Waals surface area contributed by atoms with Crippen molar-refractivity contribution >= 4 is 5.97 Å². The fourth-order valence-electron chi connectivity index (χ4n) is 1.65. The quantitative estimate of drug-likeness (QED) is 0.826. The van der Waals surface area contributed by atoms with E-state index in [2.05, 4.69) is 0 Å². The predicted molar refractivity (Wildman–Crippen MR) is 64.7 cm³/mol. The van der Waals surface area contributed by atoms with Gasteiger partial charge in [0.25, 0.3) is 0 Å². The minimum atomic E-state index is -0.771. The van der Waals surface area contributed by atoms with E-state index in [0.29, 0.717) is 24.3 Å². The molecule has 0 aromatic heterocycles. The Morgan fingerprint density at radius 2 is 2.06 bits per heavy atom. The van der Waals surface area contributed by atoms with Crippen LogP contribution in [0.15, 0.2) is 18.2 Å². The number of carboxylic acids is 1. The number of aryl methyl sites for hydroxylation is 1. The molecule has 1 rings (SSSR count). The molecule has 0 aliphatic rings. The van der Waals surface area contributed by atoms with Crippen LogP contribution in [-0.2, 0) is 11.2 Å². The summed E-state index contributed by atoms with van der Waals surface area (Å²) in [4.78, 5) is 10.7. The van der Waals surface area contributed by atoms with Gasteiger partial charge in [0, 0.05) is 0 Å². The zero-order valence-corrected chi connectivity index (χ0v) is 10.4. The summed E-state index contributed by atoms with van der Waals surface area (Å²) in [5, 5.41) is 8.83. The van der Waals surface area contributed by atoms with Crippen LogP contribution in [0.5, 0.6) is 11.5 Å². The van der Waals surface area contributed by atoms with Crippen LogP contribution in [0.4, 0.5) is 0 Å². The number of rotatable bonds is 6. The SMILES string of the molecule is COc1cccc(CCC(C)C(=O)O)c1OC. The van der Waals surface area contributed by atoms with Crippen molar-refractivity contribution in [2.75, 3.05) is 14.2 Å². The number of hydrogen-bond acceptors (Lipinski definition) is 3. The second-order valence-electron chi connectivity index (χ2n) is 3.93. The summed E-state index contributed by atoms with van der Waals surface area (Å²) < 4.78 is 10.5. The highest BCUT2D eigenvalue weighted by atomic mass is 16.5. The van der Waals surface area contributed by atoms with Crippen molar-refractivity contribution in [2.45, 2.75) is 19.8 Å². The fraction of sp³-hybridized carbons (Fsp3) is 0.462. The molecule has 0 aliphatic carbocycles. The van der Waals surface area contributed by atoms with E-state index in [1.54, 1.807) is 21.1 Å². The van der Waals surface area contributed by atoms with Gasteiger partial charge in [0.1, 0.15) is 0 Å². The molecule has 1 atom stereocenters. The van der Waals surface area contributed by atoms with Crippen molar-refractivity contribution in [3.05, 3.63) is 23.8 Å². The van der Waals surface area contributed by atoms with E-state index < -0.39 is 5.97 Å². The fourth-order valence-corrected chi connectivity index (χ4v) is 1.65. The molecule has 0 radical (unpaired) electrons. The maximum Gasteiger partial charge on any atom is 0.306 e. The highest BCUT2D eigenvalue weighted by Gasteiger charge is 2.14. The molecule has 1 aromatic rings. The first kappa shape index (κ1) is 13.4. The molecule has 17 heavy (non-hydrogen) atoms. The zero-order valence-electron chi connectivity index (χ0n) is 10.4. The summed E-state index contributed by atoms with van der Waals surface area (Å²) in [5.41, 5.74) is 0.972. The highest BCUT2D eigenvalue weighted by Crippen LogP contribution is 2.31. The lowest BCUT2D eigenvalue weighted by Crippen LogP contribution is -2.10. The van der Waals surface area contributed by atoms with Crippen LogP contribution in [0.2, 0.25) is 0 Å². The third-order valence-electron chi connectivity index (χ3n) is 2.75. The van der Waals surface area contributed by atoms with E-state index in [9.17, 15) is 4.79 Å². The Hall–Kier alpha value is -1.71. The minimum absolute atomic E-state index is 0.356. The molecule has 0 saturated heterocycles. The first-order chi connectivity index (χ1) is 8.10. The lowest BCUT2D eigenvalue weighted by Gasteiger charge is -2.13. The molecule has 0 bridgehead atoms. The van der Waals surface area contributed by atoms with Crippen LogP contribution in [0.25, 0.3) is 0 Å². The number of carboxylic acid groups (broad SMARTS) is 1. The van der Waals surface area contributed by atoms with Crippen LogP contribution in [0, 0.1) is 5.92 Å². The number of methoxy groups -OCH3 is 2. The number of aliphatic carboxylic acids is 1. The third kappa shape index (κ3) is 3.37. The largest absolute Gasteiger partial charge is 0.493 e. The Bertz CT molecular complexity index is 387. The standard InChI is InChI=1S/C13H18O4/c1-9(13(14)15)7-8-10-5-4-6-11(16-2)12(10)17-3/h4-6,9H,7-8H2,1-3H3,(H,14,15). The van der Waals surface area contributed by atoms with Gasteiger partial charge in [-0.1, -0.05) is 19.1 Å². The molecular weight excluding hydrogens is 220 g/mol. The number of hydrogen-bond donors (Lipinski definition) is 1. The van der Waals surface area contributed by atoms with Crippen molar-refractivity contribution in [2.24, 2.45) is 5.92 Å². The maximum atomic E-state index is 10.7. The van der Waals surface area contributed by atoms with Crippen LogP contribution < -0.4 is 9.47 Å². The number of para-hydroxylation sites is 1. The summed E-state index contributed by atoms with van der Waals surface area (Å²) in [6, 6.07) is 5.63. The van der Waals surface area contributed by atoms with Gasteiger partial charge in [0.2, 0.25) is 0 Å². The Kier molecular flexibility index (Phi) is 4.82. The maximum absolute atomic E-state index is 10.7. The van der Waals surface area contributed by atoms with Crippen LogP contribution in [0.1, 0.15) is 18.9 Å². The normalized spacial score (nSPS) is 11.9. The van der Waals surface area contributed by atoms with Gasteiger partial charge in [0.15, 0.2) is 11.5 Å². The monoisotopic (exact) mass is 238 g/mol. The summed E-state index contributed by atoms with van der Waals surface area (Å²) >= 11 is 0.